The average Bonchev–Trinajstić information content (AvgIpc) is 3.07. The molecule has 0 bridgehead atoms. The molecule has 2 amide bonds. The number of benzene rings is 3. The maximum Gasteiger partial charge on any atom is 0.288 e. The van der Waals surface area contributed by atoms with E-state index in [0.29, 0.717) is 33.8 Å². The van der Waals surface area contributed by atoms with Gasteiger partial charge in [0.05, 0.1) is 17.7 Å². The van der Waals surface area contributed by atoms with Crippen LogP contribution in [0.1, 0.15) is 21.5 Å². The van der Waals surface area contributed by atoms with Gasteiger partial charge in [-0.15, -0.1) is 0 Å². The lowest BCUT2D eigenvalue weighted by molar-refractivity contribution is -0.384. The second-order valence-corrected chi connectivity index (χ2v) is 7.33. The summed E-state index contributed by atoms with van der Waals surface area (Å²) in [5.41, 5.74) is 2.39. The molecule has 0 unspecified atom stereocenters. The molecule has 32 heavy (non-hydrogen) atoms. The van der Waals surface area contributed by atoms with Gasteiger partial charge in [0, 0.05) is 28.5 Å². The van der Waals surface area contributed by atoms with Crippen molar-refractivity contribution >= 4 is 52.1 Å². The highest BCUT2D eigenvalue weighted by Gasteiger charge is 2.28. The minimum absolute atomic E-state index is 0.0569. The first-order valence-corrected chi connectivity index (χ1v) is 9.80. The fourth-order valence-corrected chi connectivity index (χ4v) is 3.53. The van der Waals surface area contributed by atoms with Gasteiger partial charge in [-0.25, -0.2) is 0 Å². The van der Waals surface area contributed by atoms with E-state index in [9.17, 15) is 19.7 Å². The molecule has 0 radical (unpaired) electrons. The van der Waals surface area contributed by atoms with Gasteiger partial charge in [-0.1, -0.05) is 23.7 Å². The van der Waals surface area contributed by atoms with Crippen LogP contribution in [-0.4, -0.2) is 23.8 Å². The van der Waals surface area contributed by atoms with Gasteiger partial charge in [0.25, 0.3) is 17.5 Å². The second kappa shape index (κ2) is 8.52. The number of ether oxygens (including phenoxy) is 1. The molecule has 3 aromatic rings. The Morgan fingerprint density at radius 2 is 1.91 bits per heavy atom. The summed E-state index contributed by atoms with van der Waals surface area (Å²) < 4.78 is 5.09. The lowest BCUT2D eigenvalue weighted by atomic mass is 10.0. The third kappa shape index (κ3) is 4.17. The Morgan fingerprint density at radius 1 is 1.16 bits per heavy atom. The van der Waals surface area contributed by atoms with Crippen molar-refractivity contribution in [2.75, 3.05) is 17.7 Å². The standard InChI is InChI=1S/C23H16ClN3O5/c1-32-16-7-5-14(6-8-16)22(28)25-15-4-2-3-13(9-15)10-18-17-11-21(27(30)31)19(24)12-20(17)26-23(18)29/h2-12H,1H3,(H,25,28)(H,26,29)/b18-10+. The van der Waals surface area contributed by atoms with E-state index in [1.165, 1.54) is 12.1 Å². The van der Waals surface area contributed by atoms with Crippen molar-refractivity contribution in [3.05, 3.63) is 92.5 Å². The van der Waals surface area contributed by atoms with Crippen LogP contribution >= 0.6 is 11.6 Å². The van der Waals surface area contributed by atoms with E-state index in [4.69, 9.17) is 16.3 Å². The lowest BCUT2D eigenvalue weighted by Gasteiger charge is -2.07. The largest absolute Gasteiger partial charge is 0.497 e. The topological polar surface area (TPSA) is 111 Å². The molecule has 0 atom stereocenters. The molecule has 0 aliphatic carbocycles. The smallest absolute Gasteiger partial charge is 0.288 e. The predicted octanol–water partition coefficient (Wildman–Crippen LogP) is 5.00. The summed E-state index contributed by atoms with van der Waals surface area (Å²) in [6.45, 7) is 0. The van der Waals surface area contributed by atoms with Crippen LogP contribution in [0.25, 0.3) is 11.6 Å². The number of carbonyl (C=O) groups excluding carboxylic acids is 2. The van der Waals surface area contributed by atoms with Gasteiger partial charge in [-0.2, -0.15) is 0 Å². The maximum atomic E-state index is 12.5. The number of fused-ring (bicyclic) bond motifs is 1. The number of methoxy groups -OCH3 is 1. The first-order chi connectivity index (χ1) is 15.4. The zero-order valence-corrected chi connectivity index (χ0v) is 17.5. The van der Waals surface area contributed by atoms with Crippen LogP contribution in [0.2, 0.25) is 5.02 Å². The Morgan fingerprint density at radius 3 is 2.59 bits per heavy atom. The number of halogens is 1. The number of rotatable bonds is 5. The van der Waals surface area contributed by atoms with E-state index in [1.807, 2.05) is 0 Å². The summed E-state index contributed by atoms with van der Waals surface area (Å²) >= 11 is 5.94. The lowest BCUT2D eigenvalue weighted by Crippen LogP contribution is -2.11. The number of hydrogen-bond donors (Lipinski definition) is 2. The molecule has 0 aromatic heterocycles. The highest BCUT2D eigenvalue weighted by atomic mass is 35.5. The van der Waals surface area contributed by atoms with Crippen LogP contribution in [0.5, 0.6) is 5.75 Å². The highest BCUT2D eigenvalue weighted by Crippen LogP contribution is 2.39. The fraction of sp³-hybridized carbons (Fsp3) is 0.0435. The molecular weight excluding hydrogens is 434 g/mol. The van der Waals surface area contributed by atoms with E-state index in [0.717, 1.165) is 0 Å². The molecule has 1 heterocycles. The predicted molar refractivity (Wildman–Crippen MR) is 122 cm³/mol. The molecule has 0 saturated carbocycles. The van der Waals surface area contributed by atoms with Crippen LogP contribution < -0.4 is 15.4 Å². The zero-order valence-electron chi connectivity index (χ0n) is 16.7. The third-order valence-corrected chi connectivity index (χ3v) is 5.18. The molecule has 0 saturated heterocycles. The molecule has 3 aromatic carbocycles. The van der Waals surface area contributed by atoms with Gasteiger partial charge in [0.1, 0.15) is 10.8 Å². The minimum atomic E-state index is -0.599. The molecule has 0 fully saturated rings. The van der Waals surface area contributed by atoms with E-state index in [1.54, 1.807) is 61.7 Å². The Hall–Kier alpha value is -4.17. The van der Waals surface area contributed by atoms with Crippen LogP contribution in [0.3, 0.4) is 0 Å². The Balaban J connectivity index is 1.61. The quantitative estimate of drug-likeness (QED) is 0.323. The Bertz CT molecular complexity index is 1290. The number of nitrogens with one attached hydrogen (secondary N) is 2. The summed E-state index contributed by atoms with van der Waals surface area (Å²) in [6.07, 6.45) is 1.60. The van der Waals surface area contributed by atoms with Crippen molar-refractivity contribution in [3.63, 3.8) is 0 Å². The highest BCUT2D eigenvalue weighted by molar-refractivity contribution is 6.37. The monoisotopic (exact) mass is 449 g/mol. The Labute approximate surface area is 187 Å². The zero-order chi connectivity index (χ0) is 22.8. The van der Waals surface area contributed by atoms with E-state index < -0.39 is 10.8 Å². The van der Waals surface area contributed by atoms with Crippen molar-refractivity contribution in [2.24, 2.45) is 0 Å². The second-order valence-electron chi connectivity index (χ2n) is 6.93. The number of hydrogen-bond acceptors (Lipinski definition) is 5. The number of nitro groups is 1. The van der Waals surface area contributed by atoms with Gasteiger partial charge in [0.2, 0.25) is 0 Å². The molecule has 9 heteroatoms. The fourth-order valence-electron chi connectivity index (χ4n) is 3.30. The van der Waals surface area contributed by atoms with Gasteiger partial charge >= 0.3 is 0 Å². The van der Waals surface area contributed by atoms with Crippen LogP contribution in [0.15, 0.2) is 60.7 Å². The number of nitrogens with zero attached hydrogens (tertiary/aromatic N) is 1. The average molecular weight is 450 g/mol. The SMILES string of the molecule is COc1ccc(C(=O)Nc2cccc(/C=C3/C(=O)Nc4cc(Cl)c([N+](=O)[O-])cc43)c2)cc1. The van der Waals surface area contributed by atoms with Crippen molar-refractivity contribution in [2.45, 2.75) is 0 Å². The van der Waals surface area contributed by atoms with Crippen LogP contribution in [0.4, 0.5) is 17.1 Å². The summed E-state index contributed by atoms with van der Waals surface area (Å²) in [4.78, 5) is 35.6. The van der Waals surface area contributed by atoms with Crippen molar-refractivity contribution in [3.8, 4) is 5.75 Å². The molecule has 1 aliphatic rings. The van der Waals surface area contributed by atoms with E-state index in [2.05, 4.69) is 10.6 Å². The van der Waals surface area contributed by atoms with Crippen molar-refractivity contribution in [1.82, 2.24) is 0 Å². The molecular formula is C23H16ClN3O5. The molecule has 0 spiro atoms. The first kappa shape index (κ1) is 21.1. The number of anilines is 2. The number of carbonyl (C=O) groups is 2. The van der Waals surface area contributed by atoms with Crippen molar-refractivity contribution in [1.29, 1.82) is 0 Å². The molecule has 4 rings (SSSR count). The van der Waals surface area contributed by atoms with Gasteiger partial charge in [-0.05, 0) is 54.1 Å². The summed E-state index contributed by atoms with van der Waals surface area (Å²) in [5, 5.41) is 16.6. The molecule has 160 valence electrons. The molecule has 1 aliphatic heterocycles. The molecule has 2 N–H and O–H groups in total. The van der Waals surface area contributed by atoms with Gasteiger partial charge < -0.3 is 15.4 Å². The van der Waals surface area contributed by atoms with Crippen LogP contribution in [0, 0.1) is 10.1 Å². The van der Waals surface area contributed by atoms with Gasteiger partial charge in [0.15, 0.2) is 0 Å². The number of amides is 2. The van der Waals surface area contributed by atoms with Crippen molar-refractivity contribution < 1.29 is 19.2 Å². The van der Waals surface area contributed by atoms with Crippen LogP contribution in [-0.2, 0) is 4.79 Å². The summed E-state index contributed by atoms with van der Waals surface area (Å²) in [5.74, 6) is -0.0530. The summed E-state index contributed by atoms with van der Waals surface area (Å²) in [7, 11) is 1.55. The Kier molecular flexibility index (Phi) is 5.61. The van der Waals surface area contributed by atoms with E-state index >= 15 is 0 Å². The number of nitro benzene ring substituents is 1. The minimum Gasteiger partial charge on any atom is -0.497 e. The summed E-state index contributed by atoms with van der Waals surface area (Å²) in [6, 6.07) is 16.2. The van der Waals surface area contributed by atoms with E-state index in [-0.39, 0.29) is 22.2 Å². The maximum absolute atomic E-state index is 12.5. The molecule has 8 nitrogen and oxygen atoms in total. The normalized spacial score (nSPS) is 13.4. The first-order valence-electron chi connectivity index (χ1n) is 9.42. The van der Waals surface area contributed by atoms with Gasteiger partial charge in [-0.3, -0.25) is 19.7 Å². The third-order valence-electron chi connectivity index (χ3n) is 4.87.